The van der Waals surface area contributed by atoms with Gasteiger partial charge in [-0.2, -0.15) is 0 Å². The van der Waals surface area contributed by atoms with Gasteiger partial charge in [-0.1, -0.05) is 36.8 Å². The Kier molecular flexibility index (Phi) is 7.59. The fourth-order valence-electron chi connectivity index (χ4n) is 4.18. The smallest absolute Gasteiger partial charge is 0.278 e. The number of nitrogens with zero attached hydrogens (tertiary/aromatic N) is 3. The highest BCUT2D eigenvalue weighted by Gasteiger charge is 2.23. The molecule has 34 heavy (non-hydrogen) atoms. The highest BCUT2D eigenvalue weighted by molar-refractivity contribution is 6.10. The molecule has 4 N–H and O–H groups in total. The zero-order chi connectivity index (χ0) is 23.9. The van der Waals surface area contributed by atoms with Crippen LogP contribution in [0, 0.1) is 0 Å². The summed E-state index contributed by atoms with van der Waals surface area (Å²) in [6.45, 7) is 4.23. The maximum Gasteiger partial charge on any atom is 0.278 e. The Bertz CT molecular complexity index is 1070. The van der Waals surface area contributed by atoms with Crippen molar-refractivity contribution < 1.29 is 9.59 Å². The van der Waals surface area contributed by atoms with Crippen LogP contribution in [0.5, 0.6) is 0 Å². The Morgan fingerprint density at radius 1 is 0.971 bits per heavy atom. The lowest BCUT2D eigenvalue weighted by atomic mass is 10.1. The van der Waals surface area contributed by atoms with Crippen molar-refractivity contribution >= 4 is 23.2 Å². The van der Waals surface area contributed by atoms with Crippen LogP contribution in [0.2, 0.25) is 0 Å². The van der Waals surface area contributed by atoms with Crippen LogP contribution in [0.4, 0.5) is 5.69 Å². The number of rotatable bonds is 7. The van der Waals surface area contributed by atoms with Crippen molar-refractivity contribution in [3.63, 3.8) is 0 Å². The standard InChI is InChI=1S/C26H32N6O2/c1-31-18-22(30-23(24(31)27)26(34)29-21-8-4-2-5-9-21)19-10-12-20(13-11-19)25(33)28-14-17-32-15-6-3-7-16-32/h2,4-5,8-13H,3,6-7,14-18,27H2,1H3,(H,28,33)(H,29,34). The molecule has 1 saturated heterocycles. The number of para-hydroxylation sites is 1. The lowest BCUT2D eigenvalue weighted by Gasteiger charge is -2.26. The molecule has 4 rings (SSSR count). The quantitative estimate of drug-likeness (QED) is 0.589. The summed E-state index contributed by atoms with van der Waals surface area (Å²) in [6, 6.07) is 16.5. The van der Waals surface area contributed by atoms with Crippen molar-refractivity contribution in [1.29, 1.82) is 0 Å². The molecule has 2 aromatic carbocycles. The number of piperidine rings is 1. The van der Waals surface area contributed by atoms with E-state index in [1.54, 1.807) is 17.0 Å². The Morgan fingerprint density at radius 2 is 1.68 bits per heavy atom. The van der Waals surface area contributed by atoms with E-state index in [1.807, 2.05) is 49.5 Å². The topological polar surface area (TPSA) is 103 Å². The summed E-state index contributed by atoms with van der Waals surface area (Å²) in [6.07, 6.45) is 3.79. The molecule has 8 heteroatoms. The third-order valence-corrected chi connectivity index (χ3v) is 6.18. The predicted molar refractivity (Wildman–Crippen MR) is 135 cm³/mol. The average molecular weight is 461 g/mol. The minimum absolute atomic E-state index is 0.0849. The second kappa shape index (κ2) is 11.0. The van der Waals surface area contributed by atoms with Gasteiger partial charge in [0, 0.05) is 31.4 Å². The van der Waals surface area contributed by atoms with Crippen molar-refractivity contribution in [1.82, 2.24) is 15.1 Å². The number of hydrogen-bond acceptors (Lipinski definition) is 6. The number of hydrogen-bond donors (Lipinski definition) is 3. The zero-order valence-corrected chi connectivity index (χ0v) is 19.6. The largest absolute Gasteiger partial charge is 0.383 e. The summed E-state index contributed by atoms with van der Waals surface area (Å²) < 4.78 is 0. The minimum Gasteiger partial charge on any atom is -0.383 e. The molecular formula is C26H32N6O2. The first-order chi connectivity index (χ1) is 16.5. The number of anilines is 1. The fraction of sp³-hybridized carbons (Fsp3) is 0.346. The summed E-state index contributed by atoms with van der Waals surface area (Å²) in [7, 11) is 1.82. The van der Waals surface area contributed by atoms with Gasteiger partial charge >= 0.3 is 0 Å². The summed E-state index contributed by atoms with van der Waals surface area (Å²) >= 11 is 0. The van der Waals surface area contributed by atoms with Gasteiger partial charge in [0.05, 0.1) is 12.3 Å². The highest BCUT2D eigenvalue weighted by Crippen LogP contribution is 2.19. The molecule has 0 saturated carbocycles. The molecule has 2 aromatic rings. The van der Waals surface area contributed by atoms with E-state index in [9.17, 15) is 9.59 Å². The van der Waals surface area contributed by atoms with Gasteiger partial charge in [-0.15, -0.1) is 0 Å². The Morgan fingerprint density at radius 3 is 2.38 bits per heavy atom. The van der Waals surface area contributed by atoms with E-state index < -0.39 is 0 Å². The SMILES string of the molecule is CN1CC(c2ccc(C(=O)NCCN3CCCCC3)cc2)=NC(C(=O)Nc2ccccc2)=C1N. The molecule has 0 radical (unpaired) electrons. The molecule has 8 nitrogen and oxygen atoms in total. The van der Waals surface area contributed by atoms with Gasteiger partial charge in [-0.25, -0.2) is 4.99 Å². The Labute approximate surface area is 200 Å². The highest BCUT2D eigenvalue weighted by atomic mass is 16.2. The maximum absolute atomic E-state index is 12.8. The average Bonchev–Trinajstić information content (AvgIpc) is 2.87. The molecule has 0 spiro atoms. The molecule has 0 atom stereocenters. The van der Waals surface area contributed by atoms with E-state index in [-0.39, 0.29) is 17.5 Å². The van der Waals surface area contributed by atoms with E-state index in [1.165, 1.54) is 19.3 Å². The van der Waals surface area contributed by atoms with Crippen molar-refractivity contribution in [3.05, 3.63) is 77.2 Å². The first kappa shape index (κ1) is 23.5. The number of benzene rings is 2. The number of nitrogens with one attached hydrogen (secondary N) is 2. The van der Waals surface area contributed by atoms with E-state index in [0.717, 1.165) is 25.2 Å². The fourth-order valence-corrected chi connectivity index (χ4v) is 4.18. The summed E-state index contributed by atoms with van der Waals surface area (Å²) in [5.74, 6) is -0.127. The molecule has 178 valence electrons. The van der Waals surface area contributed by atoms with Crippen LogP contribution in [0.15, 0.2) is 71.1 Å². The van der Waals surface area contributed by atoms with E-state index in [2.05, 4.69) is 20.5 Å². The number of aliphatic imine (C=N–C) groups is 1. The van der Waals surface area contributed by atoms with Crippen molar-refractivity contribution in [3.8, 4) is 0 Å². The van der Waals surface area contributed by atoms with Crippen LogP contribution in [-0.2, 0) is 4.79 Å². The molecular weight excluding hydrogens is 428 g/mol. The third-order valence-electron chi connectivity index (χ3n) is 6.18. The zero-order valence-electron chi connectivity index (χ0n) is 19.6. The molecule has 2 heterocycles. The lowest BCUT2D eigenvalue weighted by Crippen LogP contribution is -2.37. The first-order valence-corrected chi connectivity index (χ1v) is 11.8. The molecule has 0 unspecified atom stereocenters. The van der Waals surface area contributed by atoms with Gasteiger partial charge in [-0.05, 0) is 55.8 Å². The summed E-state index contributed by atoms with van der Waals surface area (Å²) in [5.41, 5.74) is 9.17. The van der Waals surface area contributed by atoms with E-state index >= 15 is 0 Å². The van der Waals surface area contributed by atoms with Crippen molar-refractivity contribution in [2.75, 3.05) is 45.1 Å². The van der Waals surface area contributed by atoms with E-state index in [0.29, 0.717) is 35.9 Å². The van der Waals surface area contributed by atoms with Gasteiger partial charge in [0.1, 0.15) is 5.82 Å². The van der Waals surface area contributed by atoms with Gasteiger partial charge in [0.15, 0.2) is 5.70 Å². The molecule has 1 fully saturated rings. The number of likely N-dealkylation sites (tertiary alicyclic amines) is 1. The van der Waals surface area contributed by atoms with Gasteiger partial charge < -0.3 is 26.2 Å². The van der Waals surface area contributed by atoms with Crippen LogP contribution >= 0.6 is 0 Å². The molecule has 0 bridgehead atoms. The van der Waals surface area contributed by atoms with Crippen LogP contribution < -0.4 is 16.4 Å². The number of amides is 2. The number of nitrogens with two attached hydrogens (primary N) is 1. The van der Waals surface area contributed by atoms with Gasteiger partial charge in [0.2, 0.25) is 0 Å². The maximum atomic E-state index is 12.8. The minimum atomic E-state index is -0.363. The normalized spacial score (nSPS) is 16.7. The van der Waals surface area contributed by atoms with Crippen LogP contribution in [0.25, 0.3) is 0 Å². The Hall–Kier alpha value is -3.65. The van der Waals surface area contributed by atoms with Crippen molar-refractivity contribution in [2.45, 2.75) is 19.3 Å². The summed E-state index contributed by atoms with van der Waals surface area (Å²) in [4.78, 5) is 34.1. The lowest BCUT2D eigenvalue weighted by molar-refractivity contribution is -0.113. The first-order valence-electron chi connectivity index (χ1n) is 11.8. The second-order valence-corrected chi connectivity index (χ2v) is 8.70. The Balaban J connectivity index is 1.40. The third kappa shape index (κ3) is 5.82. The summed E-state index contributed by atoms with van der Waals surface area (Å²) in [5, 5.41) is 5.84. The van der Waals surface area contributed by atoms with Gasteiger partial charge in [-0.3, -0.25) is 9.59 Å². The molecule has 2 aliphatic heterocycles. The van der Waals surface area contributed by atoms with Crippen LogP contribution in [0.3, 0.4) is 0 Å². The predicted octanol–water partition coefficient (Wildman–Crippen LogP) is 2.40. The molecule has 2 aliphatic rings. The van der Waals surface area contributed by atoms with Crippen LogP contribution in [-0.4, -0.2) is 67.1 Å². The van der Waals surface area contributed by atoms with Crippen LogP contribution in [0.1, 0.15) is 35.2 Å². The number of carbonyl (C=O) groups excluding carboxylic acids is 2. The van der Waals surface area contributed by atoms with Crippen molar-refractivity contribution in [2.24, 2.45) is 10.7 Å². The monoisotopic (exact) mass is 460 g/mol. The molecule has 2 amide bonds. The molecule has 0 aromatic heterocycles. The second-order valence-electron chi connectivity index (χ2n) is 8.70. The van der Waals surface area contributed by atoms with Gasteiger partial charge in [0.25, 0.3) is 11.8 Å². The number of likely N-dealkylation sites (N-methyl/N-ethyl adjacent to an activating group) is 1. The van der Waals surface area contributed by atoms with E-state index in [4.69, 9.17) is 5.73 Å². The number of carbonyl (C=O) groups is 2. The molecule has 0 aliphatic carbocycles.